The van der Waals surface area contributed by atoms with Crippen LogP contribution in [-0.4, -0.2) is 17.9 Å². The first-order valence-electron chi connectivity index (χ1n) is 11.1. The number of hydrogen-bond donors (Lipinski definition) is 0. The van der Waals surface area contributed by atoms with Gasteiger partial charge in [-0.1, -0.05) is 58.9 Å². The van der Waals surface area contributed by atoms with Crippen molar-refractivity contribution in [1.29, 1.82) is 0 Å². The average Bonchev–Trinajstić information content (AvgIpc) is 3.03. The summed E-state index contributed by atoms with van der Waals surface area (Å²) in [6, 6.07) is 9.30. The second-order valence-electron chi connectivity index (χ2n) is 10.3. The molecule has 1 aromatic rings. The van der Waals surface area contributed by atoms with E-state index in [1.165, 1.54) is 6.42 Å². The van der Waals surface area contributed by atoms with Gasteiger partial charge in [0.1, 0.15) is 6.10 Å². The van der Waals surface area contributed by atoms with Gasteiger partial charge in [0.25, 0.3) is 0 Å². The number of allylic oxidation sites excluding steroid dienone is 2. The fraction of sp³-hybridized carbons (Fsp3) is 0.615. The molecule has 5 atom stereocenters. The van der Waals surface area contributed by atoms with Crippen LogP contribution in [0.4, 0.5) is 0 Å². The van der Waals surface area contributed by atoms with Crippen LogP contribution in [0.5, 0.6) is 0 Å². The van der Waals surface area contributed by atoms with Gasteiger partial charge in [-0.15, -0.1) is 0 Å². The summed E-state index contributed by atoms with van der Waals surface area (Å²) in [5.41, 5.74) is 0.459. The highest BCUT2D eigenvalue weighted by Gasteiger charge is 2.53. The first-order valence-corrected chi connectivity index (χ1v) is 11.1. The number of rotatable bonds is 5. The molecule has 3 nitrogen and oxygen atoms in total. The molecule has 3 heteroatoms. The van der Waals surface area contributed by atoms with Crippen LogP contribution in [0.1, 0.15) is 77.1 Å². The maximum atomic E-state index is 12.6. The van der Waals surface area contributed by atoms with Crippen LogP contribution in [0.25, 0.3) is 0 Å². The molecule has 0 saturated heterocycles. The molecular formula is C26H36O3. The highest BCUT2D eigenvalue weighted by molar-refractivity contribution is 5.93. The van der Waals surface area contributed by atoms with E-state index in [9.17, 15) is 9.59 Å². The maximum Gasteiger partial charge on any atom is 0.338 e. The number of ketones is 1. The van der Waals surface area contributed by atoms with E-state index in [0.29, 0.717) is 23.3 Å². The summed E-state index contributed by atoms with van der Waals surface area (Å²) in [6.45, 7) is 10.5. The van der Waals surface area contributed by atoms with Crippen LogP contribution in [0, 0.1) is 28.6 Å². The van der Waals surface area contributed by atoms with Gasteiger partial charge >= 0.3 is 5.97 Å². The minimum Gasteiger partial charge on any atom is -0.458 e. The first kappa shape index (κ1) is 21.8. The molecule has 1 aromatic carbocycles. The zero-order valence-corrected chi connectivity index (χ0v) is 18.6. The molecule has 158 valence electrons. The zero-order valence-electron chi connectivity index (χ0n) is 18.6. The van der Waals surface area contributed by atoms with Crippen molar-refractivity contribution in [3.8, 4) is 0 Å². The molecule has 0 spiro atoms. The fourth-order valence-corrected chi connectivity index (χ4v) is 5.57. The van der Waals surface area contributed by atoms with Gasteiger partial charge in [-0.05, 0) is 67.6 Å². The Kier molecular flexibility index (Phi) is 6.36. The monoisotopic (exact) mass is 396 g/mol. The largest absolute Gasteiger partial charge is 0.458 e. The molecule has 0 heterocycles. The number of fused-ring (bicyclic) bond motifs is 1. The zero-order chi connectivity index (χ0) is 21.2. The Labute approximate surface area is 175 Å². The number of carbonyl (C=O) groups is 2. The predicted molar refractivity (Wildman–Crippen MR) is 117 cm³/mol. The molecule has 0 bridgehead atoms. The highest BCUT2D eigenvalue weighted by atomic mass is 16.5. The van der Waals surface area contributed by atoms with Crippen molar-refractivity contribution in [2.24, 2.45) is 28.6 Å². The lowest BCUT2D eigenvalue weighted by Crippen LogP contribution is -2.43. The minimum atomic E-state index is -0.333. The van der Waals surface area contributed by atoms with Crippen LogP contribution in [0.3, 0.4) is 0 Å². The average molecular weight is 397 g/mol. The van der Waals surface area contributed by atoms with Gasteiger partial charge in [0.2, 0.25) is 0 Å². The Morgan fingerprint density at radius 3 is 2.48 bits per heavy atom. The van der Waals surface area contributed by atoms with E-state index in [-0.39, 0.29) is 28.7 Å². The Hall–Kier alpha value is -1.90. The Balaban J connectivity index is 1.70. The molecule has 0 amide bonds. The molecule has 2 aliphatic carbocycles. The summed E-state index contributed by atoms with van der Waals surface area (Å²) in [5.74, 6) is 1.26. The van der Waals surface area contributed by atoms with Crippen molar-refractivity contribution in [3.63, 3.8) is 0 Å². The van der Waals surface area contributed by atoms with Crippen molar-refractivity contribution < 1.29 is 14.3 Å². The van der Waals surface area contributed by atoms with Crippen molar-refractivity contribution >= 4 is 11.8 Å². The molecule has 2 aliphatic rings. The van der Waals surface area contributed by atoms with E-state index in [1.54, 1.807) is 6.08 Å². The third-order valence-corrected chi connectivity index (χ3v) is 7.33. The second kappa shape index (κ2) is 8.45. The number of carbonyl (C=O) groups excluding carboxylic acids is 2. The van der Waals surface area contributed by atoms with Crippen LogP contribution >= 0.6 is 0 Å². The summed E-state index contributed by atoms with van der Waals surface area (Å²) >= 11 is 0. The van der Waals surface area contributed by atoms with E-state index < -0.39 is 0 Å². The van der Waals surface area contributed by atoms with Crippen LogP contribution < -0.4 is 0 Å². The highest BCUT2D eigenvalue weighted by Crippen LogP contribution is 2.58. The second-order valence-corrected chi connectivity index (χ2v) is 10.3. The number of benzene rings is 1. The van der Waals surface area contributed by atoms with E-state index in [1.807, 2.05) is 51.1 Å². The quantitative estimate of drug-likeness (QED) is 0.437. The lowest BCUT2D eigenvalue weighted by atomic mass is 9.61. The third kappa shape index (κ3) is 4.65. The molecule has 0 unspecified atom stereocenters. The molecule has 3 rings (SSSR count). The molecule has 2 saturated carbocycles. The Morgan fingerprint density at radius 2 is 1.83 bits per heavy atom. The van der Waals surface area contributed by atoms with Gasteiger partial charge in [0, 0.05) is 11.3 Å². The van der Waals surface area contributed by atoms with Gasteiger partial charge < -0.3 is 4.74 Å². The van der Waals surface area contributed by atoms with Crippen molar-refractivity contribution in [2.75, 3.05) is 0 Å². The Morgan fingerprint density at radius 1 is 1.14 bits per heavy atom. The summed E-state index contributed by atoms with van der Waals surface area (Å²) in [5, 5.41) is 0. The van der Waals surface area contributed by atoms with Gasteiger partial charge in [-0.25, -0.2) is 4.79 Å². The van der Waals surface area contributed by atoms with Gasteiger partial charge in [-0.3, -0.25) is 4.79 Å². The molecule has 0 aliphatic heterocycles. The van der Waals surface area contributed by atoms with Crippen LogP contribution in [-0.2, 0) is 9.53 Å². The smallest absolute Gasteiger partial charge is 0.338 e. The maximum absolute atomic E-state index is 12.6. The SMILES string of the molecule is C[C@H](/C=C/C(=O)C(C)(C)C)[C@H]1CC[C@H]2[C@@H](OC(=O)c3ccccc3)CCC[C@]12C. The lowest BCUT2D eigenvalue weighted by Gasteiger charge is -2.45. The summed E-state index contributed by atoms with van der Waals surface area (Å²) < 4.78 is 6.02. The third-order valence-electron chi connectivity index (χ3n) is 7.33. The summed E-state index contributed by atoms with van der Waals surface area (Å²) in [6.07, 6.45) is 9.36. The topological polar surface area (TPSA) is 43.4 Å². The minimum absolute atomic E-state index is 0.00107. The standard InChI is InChI=1S/C26H36O3/c1-18(13-16-23(27)25(2,3)4)20-14-15-21-22(12-9-17-26(20,21)5)29-24(28)19-10-7-6-8-11-19/h6-8,10-11,13,16,18,20-22H,9,12,14-15,17H2,1-5H3/b16-13+/t18-,20-,21+,22+,26-/m1/s1. The van der Waals surface area contributed by atoms with Crippen LogP contribution in [0.2, 0.25) is 0 Å². The van der Waals surface area contributed by atoms with E-state index in [4.69, 9.17) is 4.74 Å². The molecule has 29 heavy (non-hydrogen) atoms. The van der Waals surface area contributed by atoms with Crippen molar-refractivity contribution in [3.05, 3.63) is 48.0 Å². The number of ether oxygens (including phenoxy) is 1. The van der Waals surface area contributed by atoms with Gasteiger partial charge in [0.15, 0.2) is 5.78 Å². The normalized spacial score (nSPS) is 30.7. The van der Waals surface area contributed by atoms with E-state index in [2.05, 4.69) is 19.9 Å². The molecule has 0 aromatic heterocycles. The van der Waals surface area contributed by atoms with Crippen molar-refractivity contribution in [2.45, 2.75) is 72.8 Å². The van der Waals surface area contributed by atoms with Crippen LogP contribution in [0.15, 0.2) is 42.5 Å². The number of hydrogen-bond acceptors (Lipinski definition) is 3. The fourth-order valence-electron chi connectivity index (χ4n) is 5.57. The summed E-state index contributed by atoms with van der Waals surface area (Å²) in [7, 11) is 0. The predicted octanol–water partition coefficient (Wildman–Crippen LogP) is 6.24. The molecule has 0 radical (unpaired) electrons. The van der Waals surface area contributed by atoms with E-state index in [0.717, 1.165) is 25.7 Å². The molecule has 0 N–H and O–H groups in total. The van der Waals surface area contributed by atoms with Crippen molar-refractivity contribution in [1.82, 2.24) is 0 Å². The van der Waals surface area contributed by atoms with E-state index >= 15 is 0 Å². The molecular weight excluding hydrogens is 360 g/mol. The lowest BCUT2D eigenvalue weighted by molar-refractivity contribution is -0.121. The Bertz CT molecular complexity index is 758. The molecule has 2 fully saturated rings. The van der Waals surface area contributed by atoms with Gasteiger partial charge in [-0.2, -0.15) is 0 Å². The summed E-state index contributed by atoms with van der Waals surface area (Å²) in [4.78, 5) is 24.9. The van der Waals surface area contributed by atoms with Gasteiger partial charge in [0.05, 0.1) is 5.56 Å². The first-order chi connectivity index (χ1) is 13.6. The number of esters is 1.